The lowest BCUT2D eigenvalue weighted by Crippen LogP contribution is -2.28. The number of hydrogen-bond donors (Lipinski definition) is 0. The van der Waals surface area contributed by atoms with Crippen molar-refractivity contribution < 1.29 is 9.15 Å². The Bertz CT molecular complexity index is 748. The summed E-state index contributed by atoms with van der Waals surface area (Å²) in [5.74, 6) is 1.00. The van der Waals surface area contributed by atoms with Crippen molar-refractivity contribution in [1.82, 2.24) is 25.1 Å². The van der Waals surface area contributed by atoms with Crippen LogP contribution in [0, 0.1) is 0 Å². The molecule has 0 aliphatic rings. The van der Waals surface area contributed by atoms with E-state index >= 15 is 0 Å². The van der Waals surface area contributed by atoms with Crippen molar-refractivity contribution in [3.8, 4) is 11.5 Å². The van der Waals surface area contributed by atoms with Crippen molar-refractivity contribution in [3.63, 3.8) is 0 Å². The van der Waals surface area contributed by atoms with E-state index in [0.717, 1.165) is 11.3 Å². The standard InChI is InChI=1S/C17H19N5O2/c1-22(15(12-23-2)14-7-3-4-9-19-14)11-16-20-21-17(24-16)13-6-5-8-18-10-13/h3-10,15H,11-12H2,1-2H3. The predicted octanol–water partition coefficient (Wildman–Crippen LogP) is 2.35. The van der Waals surface area contributed by atoms with Crippen molar-refractivity contribution in [1.29, 1.82) is 0 Å². The highest BCUT2D eigenvalue weighted by Crippen LogP contribution is 2.21. The zero-order chi connectivity index (χ0) is 16.8. The lowest BCUT2D eigenvalue weighted by Gasteiger charge is -2.25. The molecule has 24 heavy (non-hydrogen) atoms. The van der Waals surface area contributed by atoms with Crippen molar-refractivity contribution in [2.24, 2.45) is 0 Å². The molecule has 0 radical (unpaired) electrons. The molecular weight excluding hydrogens is 306 g/mol. The number of pyridine rings is 2. The zero-order valence-corrected chi connectivity index (χ0v) is 13.7. The molecule has 124 valence electrons. The molecule has 0 N–H and O–H groups in total. The van der Waals surface area contributed by atoms with Gasteiger partial charge in [0.1, 0.15) is 0 Å². The zero-order valence-electron chi connectivity index (χ0n) is 13.7. The molecule has 0 spiro atoms. The van der Waals surface area contributed by atoms with Gasteiger partial charge >= 0.3 is 0 Å². The SMILES string of the molecule is COCC(c1ccccn1)N(C)Cc1nnc(-c2cccnc2)o1. The maximum absolute atomic E-state index is 5.74. The summed E-state index contributed by atoms with van der Waals surface area (Å²) in [6.45, 7) is 1.02. The summed E-state index contributed by atoms with van der Waals surface area (Å²) < 4.78 is 11.1. The van der Waals surface area contributed by atoms with Crippen LogP contribution in [0.1, 0.15) is 17.6 Å². The molecule has 7 nitrogen and oxygen atoms in total. The third kappa shape index (κ3) is 3.81. The smallest absolute Gasteiger partial charge is 0.249 e. The number of aromatic nitrogens is 4. The van der Waals surface area contributed by atoms with Gasteiger partial charge < -0.3 is 9.15 Å². The molecule has 3 aromatic heterocycles. The topological polar surface area (TPSA) is 77.2 Å². The quantitative estimate of drug-likeness (QED) is 0.660. The molecule has 0 amide bonds. The van der Waals surface area contributed by atoms with Gasteiger partial charge in [-0.1, -0.05) is 6.07 Å². The van der Waals surface area contributed by atoms with Gasteiger partial charge in [0.15, 0.2) is 0 Å². The number of hydrogen-bond acceptors (Lipinski definition) is 7. The molecule has 7 heteroatoms. The normalized spacial score (nSPS) is 12.5. The van der Waals surface area contributed by atoms with Gasteiger partial charge in [-0.25, -0.2) is 0 Å². The average Bonchev–Trinajstić information content (AvgIpc) is 3.09. The highest BCUT2D eigenvalue weighted by molar-refractivity contribution is 5.49. The van der Waals surface area contributed by atoms with E-state index in [1.54, 1.807) is 25.7 Å². The van der Waals surface area contributed by atoms with Crippen LogP contribution < -0.4 is 0 Å². The molecular formula is C17H19N5O2. The summed E-state index contributed by atoms with van der Waals surface area (Å²) in [4.78, 5) is 10.6. The molecule has 0 fully saturated rings. The molecule has 0 saturated carbocycles. The maximum Gasteiger partial charge on any atom is 0.249 e. The molecule has 1 atom stereocenters. The van der Waals surface area contributed by atoms with Gasteiger partial charge in [0.25, 0.3) is 0 Å². The fourth-order valence-corrected chi connectivity index (χ4v) is 2.42. The number of likely N-dealkylation sites (N-methyl/N-ethyl adjacent to an activating group) is 1. The first-order valence-electron chi connectivity index (χ1n) is 7.61. The fourth-order valence-electron chi connectivity index (χ4n) is 2.42. The van der Waals surface area contributed by atoms with Crippen LogP contribution in [0.3, 0.4) is 0 Å². The molecule has 0 aliphatic heterocycles. The minimum Gasteiger partial charge on any atom is -0.419 e. The molecule has 3 aromatic rings. The van der Waals surface area contributed by atoms with E-state index in [1.807, 2.05) is 37.4 Å². The van der Waals surface area contributed by atoms with E-state index < -0.39 is 0 Å². The van der Waals surface area contributed by atoms with Crippen molar-refractivity contribution in [2.45, 2.75) is 12.6 Å². The van der Waals surface area contributed by atoms with Gasteiger partial charge in [0.05, 0.1) is 30.5 Å². The lowest BCUT2D eigenvalue weighted by molar-refractivity contribution is 0.0949. The van der Waals surface area contributed by atoms with Crippen LogP contribution in [0.15, 0.2) is 53.3 Å². The Balaban J connectivity index is 1.73. The predicted molar refractivity (Wildman–Crippen MR) is 87.9 cm³/mol. The monoisotopic (exact) mass is 325 g/mol. The van der Waals surface area contributed by atoms with Crippen LogP contribution >= 0.6 is 0 Å². The summed E-state index contributed by atoms with van der Waals surface area (Å²) >= 11 is 0. The Kier molecular flexibility index (Phi) is 5.25. The number of ether oxygens (including phenoxy) is 1. The van der Waals surface area contributed by atoms with Crippen LogP contribution in [0.2, 0.25) is 0 Å². The second kappa shape index (κ2) is 7.76. The van der Waals surface area contributed by atoms with Gasteiger partial charge in [0.2, 0.25) is 11.8 Å². The van der Waals surface area contributed by atoms with E-state index in [1.165, 1.54) is 0 Å². The summed E-state index contributed by atoms with van der Waals surface area (Å²) in [5, 5.41) is 8.21. The largest absolute Gasteiger partial charge is 0.419 e. The molecule has 3 heterocycles. The van der Waals surface area contributed by atoms with Crippen molar-refractivity contribution in [3.05, 3.63) is 60.5 Å². The summed E-state index contributed by atoms with van der Waals surface area (Å²) in [5.41, 5.74) is 1.74. The Hall–Kier alpha value is -2.64. The third-order valence-corrected chi connectivity index (χ3v) is 3.65. The summed E-state index contributed by atoms with van der Waals surface area (Å²) in [7, 11) is 3.66. The Morgan fingerprint density at radius 2 is 2.08 bits per heavy atom. The first-order chi connectivity index (χ1) is 11.8. The second-order valence-electron chi connectivity index (χ2n) is 5.38. The van der Waals surface area contributed by atoms with Gasteiger partial charge in [-0.3, -0.25) is 14.9 Å². The minimum atomic E-state index is 0.00458. The summed E-state index contributed by atoms with van der Waals surface area (Å²) in [6.07, 6.45) is 5.18. The van der Waals surface area contributed by atoms with Gasteiger partial charge in [0, 0.05) is 25.7 Å². The number of methoxy groups -OCH3 is 1. The molecule has 0 saturated heterocycles. The van der Waals surface area contributed by atoms with Gasteiger partial charge in [-0.15, -0.1) is 10.2 Å². The Labute approximate surface area is 140 Å². The van der Waals surface area contributed by atoms with E-state index in [4.69, 9.17) is 9.15 Å². The van der Waals surface area contributed by atoms with E-state index in [2.05, 4.69) is 25.1 Å². The van der Waals surface area contributed by atoms with Crippen LogP contribution in [0.4, 0.5) is 0 Å². The second-order valence-corrected chi connectivity index (χ2v) is 5.38. The Morgan fingerprint density at radius 1 is 1.17 bits per heavy atom. The molecule has 3 rings (SSSR count). The van der Waals surface area contributed by atoms with E-state index in [9.17, 15) is 0 Å². The third-order valence-electron chi connectivity index (χ3n) is 3.65. The molecule has 1 unspecified atom stereocenters. The first kappa shape index (κ1) is 16.2. The highest BCUT2D eigenvalue weighted by Gasteiger charge is 2.20. The van der Waals surface area contributed by atoms with Crippen LogP contribution in [0.25, 0.3) is 11.5 Å². The fraction of sp³-hybridized carbons (Fsp3) is 0.294. The van der Waals surface area contributed by atoms with Crippen molar-refractivity contribution in [2.75, 3.05) is 20.8 Å². The van der Waals surface area contributed by atoms with Crippen LogP contribution in [-0.4, -0.2) is 45.8 Å². The van der Waals surface area contributed by atoms with E-state index in [0.29, 0.717) is 24.9 Å². The lowest BCUT2D eigenvalue weighted by atomic mass is 10.1. The minimum absolute atomic E-state index is 0.00458. The first-order valence-corrected chi connectivity index (χ1v) is 7.61. The molecule has 0 aliphatic carbocycles. The van der Waals surface area contributed by atoms with E-state index in [-0.39, 0.29) is 6.04 Å². The number of rotatable bonds is 7. The molecule has 0 aromatic carbocycles. The maximum atomic E-state index is 5.74. The van der Waals surface area contributed by atoms with Crippen LogP contribution in [-0.2, 0) is 11.3 Å². The highest BCUT2D eigenvalue weighted by atomic mass is 16.5. The van der Waals surface area contributed by atoms with Crippen molar-refractivity contribution >= 4 is 0 Å². The number of nitrogens with zero attached hydrogens (tertiary/aromatic N) is 5. The van der Waals surface area contributed by atoms with Gasteiger partial charge in [-0.2, -0.15) is 0 Å². The summed E-state index contributed by atoms with van der Waals surface area (Å²) in [6, 6.07) is 9.56. The van der Waals surface area contributed by atoms with Crippen LogP contribution in [0.5, 0.6) is 0 Å². The Morgan fingerprint density at radius 3 is 2.79 bits per heavy atom. The average molecular weight is 325 g/mol. The van der Waals surface area contributed by atoms with Gasteiger partial charge in [-0.05, 0) is 31.3 Å². The molecule has 0 bridgehead atoms.